The van der Waals surface area contributed by atoms with E-state index in [9.17, 15) is 15.3 Å². The van der Waals surface area contributed by atoms with Crippen LogP contribution in [0.25, 0.3) is 0 Å². The Morgan fingerprint density at radius 1 is 1.32 bits per heavy atom. The van der Waals surface area contributed by atoms with Crippen molar-refractivity contribution in [3.05, 3.63) is 34.8 Å². The van der Waals surface area contributed by atoms with Gasteiger partial charge in [-0.2, -0.15) is 0 Å². The fourth-order valence-corrected chi connectivity index (χ4v) is 6.52. The van der Waals surface area contributed by atoms with Crippen molar-refractivity contribution < 1.29 is 24.5 Å². The summed E-state index contributed by atoms with van der Waals surface area (Å²) in [7, 11) is 1.66. The molecule has 0 saturated heterocycles. The van der Waals surface area contributed by atoms with E-state index in [0.717, 1.165) is 24.2 Å². The number of halogens is 1. The van der Waals surface area contributed by atoms with Gasteiger partial charge in [-0.3, -0.25) is 0 Å². The summed E-state index contributed by atoms with van der Waals surface area (Å²) in [6.07, 6.45) is 5.06. The first-order valence-electron chi connectivity index (χ1n) is 10.2. The molecular weight excluding hydrogens is 380 g/mol. The van der Waals surface area contributed by atoms with Gasteiger partial charge in [-0.25, -0.2) is 0 Å². The maximum absolute atomic E-state index is 11.6. The molecule has 3 aliphatic carbocycles. The van der Waals surface area contributed by atoms with Gasteiger partial charge in [0, 0.05) is 7.11 Å². The van der Waals surface area contributed by atoms with Crippen LogP contribution in [-0.2, 0) is 17.8 Å². The van der Waals surface area contributed by atoms with Gasteiger partial charge in [-0.1, -0.05) is 26.8 Å². The quantitative estimate of drug-likeness (QED) is 0.526. The van der Waals surface area contributed by atoms with Gasteiger partial charge in [-0.05, 0) is 59.6 Å². The minimum absolute atomic E-state index is 0.179. The molecule has 28 heavy (non-hydrogen) atoms. The number of ether oxygens (including phenoxy) is 1. The number of aliphatic hydroxyl groups excluding tert-OH is 1. The Morgan fingerprint density at radius 2 is 2.04 bits per heavy atom. The van der Waals surface area contributed by atoms with Crippen molar-refractivity contribution in [2.45, 2.75) is 81.7 Å². The second-order valence-corrected chi connectivity index (χ2v) is 9.86. The smallest absolute Gasteiger partial charge is 0.132 e. The minimum atomic E-state index is -1.57. The predicted molar refractivity (Wildman–Crippen MR) is 106 cm³/mol. The van der Waals surface area contributed by atoms with Crippen molar-refractivity contribution in [2.24, 2.45) is 11.3 Å². The zero-order chi connectivity index (χ0) is 20.5. The van der Waals surface area contributed by atoms with Crippen LogP contribution in [0, 0.1) is 11.3 Å². The molecule has 0 aromatic carbocycles. The average Bonchev–Trinajstić information content (AvgIpc) is 3.05. The molecule has 4 rings (SSSR count). The second-order valence-electron chi connectivity index (χ2n) is 9.39. The lowest BCUT2D eigenvalue weighted by molar-refractivity contribution is -0.195. The molecule has 0 radical (unpaired) electrons. The topological polar surface area (TPSA) is 83.1 Å². The SMILES string of the molecule is COCc1occ2c1CC[C@]1(C)C3=C[C@@H](Cl)[C@@](O)(C(C)C)[C@@H](O)[C@]3(O)CC[C@@H]21. The molecule has 0 spiro atoms. The normalized spacial score (nSPS) is 42.6. The lowest BCUT2D eigenvalue weighted by Crippen LogP contribution is -2.69. The Kier molecular flexibility index (Phi) is 4.80. The standard InChI is InChI=1S/C22H31ClO5/c1-12(2)22(26)18(23)9-17-20(3)7-5-13-14(10-28-16(13)11-27-4)15(20)6-8-21(17,25)19(22)24/h9-10,12,15,18-19,24-26H,5-8,11H2,1-4H3/t15-,18+,19-,20-,21-,22-/m0/s1. The molecule has 1 saturated carbocycles. The summed E-state index contributed by atoms with van der Waals surface area (Å²) in [5.41, 5.74) is -0.215. The van der Waals surface area contributed by atoms with E-state index in [4.69, 9.17) is 20.8 Å². The molecule has 1 aromatic heterocycles. The molecule has 6 heteroatoms. The Hall–Kier alpha value is -0.850. The van der Waals surface area contributed by atoms with E-state index in [0.29, 0.717) is 19.4 Å². The molecule has 1 aromatic rings. The number of methoxy groups -OCH3 is 1. The number of rotatable bonds is 3. The average molecular weight is 411 g/mol. The van der Waals surface area contributed by atoms with E-state index in [1.807, 2.05) is 26.2 Å². The van der Waals surface area contributed by atoms with Crippen LogP contribution >= 0.6 is 11.6 Å². The summed E-state index contributed by atoms with van der Waals surface area (Å²) in [4.78, 5) is 0. The summed E-state index contributed by atoms with van der Waals surface area (Å²) in [5, 5.41) is 33.2. The van der Waals surface area contributed by atoms with Crippen LogP contribution in [0.5, 0.6) is 0 Å². The highest BCUT2D eigenvalue weighted by Gasteiger charge is 2.64. The van der Waals surface area contributed by atoms with E-state index in [1.165, 1.54) is 11.1 Å². The van der Waals surface area contributed by atoms with Gasteiger partial charge in [0.2, 0.25) is 0 Å². The van der Waals surface area contributed by atoms with E-state index >= 15 is 0 Å². The summed E-state index contributed by atoms with van der Waals surface area (Å²) >= 11 is 6.60. The fourth-order valence-electron chi connectivity index (χ4n) is 6.02. The zero-order valence-corrected chi connectivity index (χ0v) is 17.8. The third-order valence-electron chi connectivity index (χ3n) is 7.79. The third-order valence-corrected chi connectivity index (χ3v) is 8.27. The highest BCUT2D eigenvalue weighted by molar-refractivity contribution is 6.23. The number of alkyl halides is 1. The first-order chi connectivity index (χ1) is 13.1. The molecule has 3 N–H and O–H groups in total. The van der Waals surface area contributed by atoms with E-state index in [-0.39, 0.29) is 17.3 Å². The third kappa shape index (κ3) is 2.46. The van der Waals surface area contributed by atoms with Crippen molar-refractivity contribution in [1.29, 1.82) is 0 Å². The predicted octanol–water partition coefficient (Wildman–Crippen LogP) is 3.28. The lowest BCUT2D eigenvalue weighted by atomic mass is 9.49. The van der Waals surface area contributed by atoms with Gasteiger partial charge < -0.3 is 24.5 Å². The van der Waals surface area contributed by atoms with Crippen molar-refractivity contribution >= 4 is 11.6 Å². The van der Waals surface area contributed by atoms with Crippen LogP contribution in [0.15, 0.2) is 22.3 Å². The molecule has 1 heterocycles. The van der Waals surface area contributed by atoms with Crippen molar-refractivity contribution in [1.82, 2.24) is 0 Å². The van der Waals surface area contributed by atoms with Crippen molar-refractivity contribution in [3.8, 4) is 0 Å². The highest BCUT2D eigenvalue weighted by atomic mass is 35.5. The second kappa shape index (κ2) is 6.58. The Morgan fingerprint density at radius 3 is 2.68 bits per heavy atom. The first-order valence-corrected chi connectivity index (χ1v) is 10.6. The zero-order valence-electron chi connectivity index (χ0n) is 17.0. The van der Waals surface area contributed by atoms with E-state index in [2.05, 4.69) is 6.92 Å². The highest BCUT2D eigenvalue weighted by Crippen LogP contribution is 2.63. The number of aliphatic hydroxyl groups is 3. The van der Waals surface area contributed by atoms with E-state index < -0.39 is 22.7 Å². The number of hydrogen-bond donors (Lipinski definition) is 3. The molecule has 1 fully saturated rings. The maximum atomic E-state index is 11.6. The van der Waals surface area contributed by atoms with Gasteiger partial charge in [0.15, 0.2) is 0 Å². The molecule has 3 aliphatic rings. The van der Waals surface area contributed by atoms with Crippen LogP contribution < -0.4 is 0 Å². The molecule has 0 bridgehead atoms. The maximum Gasteiger partial charge on any atom is 0.132 e. The molecule has 5 nitrogen and oxygen atoms in total. The fraction of sp³-hybridized carbons (Fsp3) is 0.727. The van der Waals surface area contributed by atoms with Crippen molar-refractivity contribution in [2.75, 3.05) is 7.11 Å². The summed E-state index contributed by atoms with van der Waals surface area (Å²) in [5.74, 6) is 0.765. The van der Waals surface area contributed by atoms with Gasteiger partial charge in [0.25, 0.3) is 0 Å². The molecule has 6 atom stereocenters. The molecule has 0 amide bonds. The Balaban J connectivity index is 1.80. The minimum Gasteiger partial charge on any atom is -0.466 e. The molecule has 156 valence electrons. The van der Waals surface area contributed by atoms with Crippen LogP contribution in [0.1, 0.15) is 62.8 Å². The van der Waals surface area contributed by atoms with Gasteiger partial charge in [-0.15, -0.1) is 11.6 Å². The van der Waals surface area contributed by atoms with Gasteiger partial charge in [0.05, 0.1) is 11.6 Å². The summed E-state index contributed by atoms with van der Waals surface area (Å²) < 4.78 is 11.1. The molecular formula is C22H31ClO5. The summed E-state index contributed by atoms with van der Waals surface area (Å²) in [6.45, 7) is 6.25. The Labute approximate surface area is 171 Å². The first kappa shape index (κ1) is 20.4. The number of furan rings is 1. The molecule has 0 aliphatic heterocycles. The monoisotopic (exact) mass is 410 g/mol. The van der Waals surface area contributed by atoms with Crippen LogP contribution in [0.4, 0.5) is 0 Å². The Bertz CT molecular complexity index is 801. The van der Waals surface area contributed by atoms with Crippen molar-refractivity contribution in [3.63, 3.8) is 0 Å². The van der Waals surface area contributed by atoms with Gasteiger partial charge in [0.1, 0.15) is 29.7 Å². The van der Waals surface area contributed by atoms with Crippen LogP contribution in [0.3, 0.4) is 0 Å². The van der Waals surface area contributed by atoms with E-state index in [1.54, 1.807) is 7.11 Å². The lowest BCUT2D eigenvalue weighted by Gasteiger charge is -2.60. The molecule has 0 unspecified atom stereocenters. The van der Waals surface area contributed by atoms with Crippen LogP contribution in [-0.4, -0.2) is 45.1 Å². The number of hydrogen-bond acceptors (Lipinski definition) is 5. The van der Waals surface area contributed by atoms with Gasteiger partial charge >= 0.3 is 0 Å². The largest absolute Gasteiger partial charge is 0.466 e. The number of fused-ring (bicyclic) bond motifs is 5. The van der Waals surface area contributed by atoms with Crippen LogP contribution in [0.2, 0.25) is 0 Å². The summed E-state index contributed by atoms with van der Waals surface area (Å²) in [6, 6.07) is 0.